The van der Waals surface area contributed by atoms with Crippen molar-refractivity contribution in [1.29, 1.82) is 0 Å². The Kier molecular flexibility index (Phi) is 6.78. The summed E-state index contributed by atoms with van der Waals surface area (Å²) in [6.45, 7) is 4.13. The molecule has 2 amide bonds. The number of nitrogens with one attached hydrogen (secondary N) is 2. The second-order valence-corrected chi connectivity index (χ2v) is 5.88. The van der Waals surface area contributed by atoms with Gasteiger partial charge in [0.15, 0.2) is 6.04 Å². The fourth-order valence-corrected chi connectivity index (χ4v) is 2.79. The van der Waals surface area contributed by atoms with Crippen molar-refractivity contribution in [3.05, 3.63) is 0 Å². The van der Waals surface area contributed by atoms with Crippen LogP contribution in [0.2, 0.25) is 0 Å². The summed E-state index contributed by atoms with van der Waals surface area (Å²) in [5.41, 5.74) is 0. The lowest BCUT2D eigenvalue weighted by molar-refractivity contribution is -0.141. The molecule has 0 aromatic carbocycles. The molecule has 4 N–H and O–H groups in total. The van der Waals surface area contributed by atoms with Gasteiger partial charge in [0.05, 0.1) is 6.10 Å². The third kappa shape index (κ3) is 5.77. The van der Waals surface area contributed by atoms with Crippen LogP contribution in [0, 0.1) is 11.8 Å². The molecule has 0 aromatic rings. The number of carboxylic acids is 1. The van der Waals surface area contributed by atoms with Gasteiger partial charge < -0.3 is 20.8 Å². The van der Waals surface area contributed by atoms with E-state index in [0.717, 1.165) is 12.3 Å². The first kappa shape index (κ1) is 16.8. The molecule has 6 heteroatoms. The van der Waals surface area contributed by atoms with E-state index in [1.165, 1.54) is 32.6 Å². The molecule has 1 fully saturated rings. The van der Waals surface area contributed by atoms with E-state index < -0.39 is 24.1 Å². The van der Waals surface area contributed by atoms with E-state index in [2.05, 4.69) is 17.6 Å². The topological polar surface area (TPSA) is 98.7 Å². The van der Waals surface area contributed by atoms with Gasteiger partial charge in [-0.05, 0) is 31.6 Å². The van der Waals surface area contributed by atoms with E-state index in [1.54, 1.807) is 0 Å². The van der Waals surface area contributed by atoms with Gasteiger partial charge in [-0.1, -0.05) is 26.2 Å². The Morgan fingerprint density at radius 2 is 2.05 bits per heavy atom. The quantitative estimate of drug-likeness (QED) is 0.592. The molecule has 2 unspecified atom stereocenters. The molecule has 0 saturated heterocycles. The zero-order valence-electron chi connectivity index (χ0n) is 12.3. The molecule has 1 saturated carbocycles. The van der Waals surface area contributed by atoms with Crippen LogP contribution in [0.4, 0.5) is 4.79 Å². The maximum atomic E-state index is 11.6. The van der Waals surface area contributed by atoms with Crippen molar-refractivity contribution in [1.82, 2.24) is 10.6 Å². The number of hydrogen-bond donors (Lipinski definition) is 4. The van der Waals surface area contributed by atoms with Gasteiger partial charge in [0.25, 0.3) is 0 Å². The minimum atomic E-state index is -1.27. The van der Waals surface area contributed by atoms with Crippen LogP contribution in [0.5, 0.6) is 0 Å². The third-order valence-corrected chi connectivity index (χ3v) is 3.92. The van der Waals surface area contributed by atoms with Crippen molar-refractivity contribution in [2.24, 2.45) is 11.8 Å². The summed E-state index contributed by atoms with van der Waals surface area (Å²) in [7, 11) is 0. The van der Waals surface area contributed by atoms with Crippen molar-refractivity contribution in [3.63, 3.8) is 0 Å². The zero-order chi connectivity index (χ0) is 15.1. The summed E-state index contributed by atoms with van der Waals surface area (Å²) in [6, 6.07) is -1.81. The second kappa shape index (κ2) is 8.09. The smallest absolute Gasteiger partial charge is 0.328 e. The summed E-state index contributed by atoms with van der Waals surface area (Å²) in [4.78, 5) is 22.4. The normalized spacial score (nSPS) is 25.6. The fraction of sp³-hybridized carbons (Fsp3) is 0.857. The standard InChI is InChI=1S/C14H26N2O4/c1-9-4-3-5-11(8-9)6-7-15-14(20)16-12(10(2)17)13(18)19/h9-12,17H,3-8H2,1-2H3,(H,18,19)(H2,15,16,20)/t9?,10-,11?,12+/m1/s1. The molecule has 0 aliphatic heterocycles. The highest BCUT2D eigenvalue weighted by atomic mass is 16.4. The van der Waals surface area contributed by atoms with Gasteiger partial charge in [-0.2, -0.15) is 0 Å². The third-order valence-electron chi connectivity index (χ3n) is 3.92. The molecule has 1 rings (SSSR count). The van der Waals surface area contributed by atoms with Gasteiger partial charge in [0.1, 0.15) is 0 Å². The lowest BCUT2D eigenvalue weighted by atomic mass is 9.81. The molecule has 0 spiro atoms. The number of hydrogen-bond acceptors (Lipinski definition) is 3. The Hall–Kier alpha value is -1.30. The van der Waals surface area contributed by atoms with E-state index in [1.807, 2.05) is 0 Å². The zero-order valence-corrected chi connectivity index (χ0v) is 12.3. The predicted molar refractivity (Wildman–Crippen MR) is 75.4 cm³/mol. The van der Waals surface area contributed by atoms with Gasteiger partial charge in [0.2, 0.25) is 0 Å². The minimum Gasteiger partial charge on any atom is -0.480 e. The number of urea groups is 1. The highest BCUT2D eigenvalue weighted by Crippen LogP contribution is 2.30. The summed E-state index contributed by atoms with van der Waals surface area (Å²) < 4.78 is 0. The molecule has 1 aliphatic carbocycles. The van der Waals surface area contributed by atoms with E-state index >= 15 is 0 Å². The molecule has 116 valence electrons. The number of aliphatic hydroxyl groups excluding tert-OH is 1. The fourth-order valence-electron chi connectivity index (χ4n) is 2.79. The molecule has 20 heavy (non-hydrogen) atoms. The number of aliphatic hydroxyl groups is 1. The Morgan fingerprint density at radius 3 is 2.60 bits per heavy atom. The minimum absolute atomic E-state index is 0.537. The first-order valence-electron chi connectivity index (χ1n) is 7.35. The van der Waals surface area contributed by atoms with Crippen molar-refractivity contribution in [3.8, 4) is 0 Å². The molecular formula is C14H26N2O4. The highest BCUT2D eigenvalue weighted by Gasteiger charge is 2.25. The van der Waals surface area contributed by atoms with Crippen LogP contribution in [0.25, 0.3) is 0 Å². The molecule has 0 aromatic heterocycles. The van der Waals surface area contributed by atoms with E-state index in [0.29, 0.717) is 12.5 Å². The van der Waals surface area contributed by atoms with E-state index in [4.69, 9.17) is 5.11 Å². The molecule has 0 radical (unpaired) electrons. The summed E-state index contributed by atoms with van der Waals surface area (Å²) in [6.07, 6.45) is 4.75. The highest BCUT2D eigenvalue weighted by molar-refractivity contribution is 5.82. The number of aliphatic carboxylic acids is 1. The largest absolute Gasteiger partial charge is 0.480 e. The molecule has 6 nitrogen and oxygen atoms in total. The van der Waals surface area contributed by atoms with Crippen LogP contribution >= 0.6 is 0 Å². The maximum absolute atomic E-state index is 11.6. The molecule has 0 bridgehead atoms. The van der Waals surface area contributed by atoms with Gasteiger partial charge in [-0.25, -0.2) is 9.59 Å². The number of carboxylic acid groups (broad SMARTS) is 1. The first-order valence-corrected chi connectivity index (χ1v) is 7.35. The van der Waals surface area contributed by atoms with Crippen LogP contribution in [0.15, 0.2) is 0 Å². The Bertz CT molecular complexity index is 333. The van der Waals surface area contributed by atoms with Crippen molar-refractivity contribution >= 4 is 12.0 Å². The van der Waals surface area contributed by atoms with Crippen LogP contribution in [0.3, 0.4) is 0 Å². The van der Waals surface area contributed by atoms with Crippen LogP contribution in [-0.2, 0) is 4.79 Å². The Balaban J connectivity index is 2.24. The number of amides is 2. The Labute approximate surface area is 119 Å². The van der Waals surface area contributed by atoms with Crippen molar-refractivity contribution in [2.75, 3.05) is 6.54 Å². The maximum Gasteiger partial charge on any atom is 0.328 e. The summed E-state index contributed by atoms with van der Waals surface area (Å²) in [5, 5.41) is 23.0. The lowest BCUT2D eigenvalue weighted by Crippen LogP contribution is -2.51. The van der Waals surface area contributed by atoms with Gasteiger partial charge >= 0.3 is 12.0 Å². The number of carbonyl (C=O) groups excluding carboxylic acids is 1. The molecule has 0 heterocycles. The van der Waals surface area contributed by atoms with Gasteiger partial charge in [-0.15, -0.1) is 0 Å². The first-order chi connectivity index (χ1) is 9.40. The number of rotatable bonds is 6. The number of carbonyl (C=O) groups is 2. The second-order valence-electron chi connectivity index (χ2n) is 5.88. The van der Waals surface area contributed by atoms with Crippen molar-refractivity contribution in [2.45, 2.75) is 58.1 Å². The molecule has 1 aliphatic rings. The van der Waals surface area contributed by atoms with E-state index in [9.17, 15) is 14.7 Å². The van der Waals surface area contributed by atoms with Crippen molar-refractivity contribution < 1.29 is 19.8 Å². The summed E-state index contributed by atoms with van der Waals surface area (Å²) in [5.74, 6) is 0.163. The monoisotopic (exact) mass is 286 g/mol. The van der Waals surface area contributed by atoms with Crippen LogP contribution in [0.1, 0.15) is 46.0 Å². The Morgan fingerprint density at radius 1 is 1.35 bits per heavy atom. The molecule has 4 atom stereocenters. The lowest BCUT2D eigenvalue weighted by Gasteiger charge is -2.26. The summed E-state index contributed by atoms with van der Waals surface area (Å²) >= 11 is 0. The molecular weight excluding hydrogens is 260 g/mol. The average molecular weight is 286 g/mol. The van der Waals surface area contributed by atoms with Gasteiger partial charge in [-0.3, -0.25) is 0 Å². The SMILES string of the molecule is CC1CCCC(CCNC(=O)N[C@H](C(=O)O)[C@@H](C)O)C1. The predicted octanol–water partition coefficient (Wildman–Crippen LogP) is 1.34. The average Bonchev–Trinajstić information content (AvgIpc) is 2.35. The van der Waals surface area contributed by atoms with Crippen LogP contribution < -0.4 is 10.6 Å². The van der Waals surface area contributed by atoms with Gasteiger partial charge in [0, 0.05) is 6.54 Å². The van der Waals surface area contributed by atoms with Crippen LogP contribution in [-0.4, -0.2) is 40.9 Å². The van der Waals surface area contributed by atoms with E-state index in [-0.39, 0.29) is 0 Å².